The van der Waals surface area contributed by atoms with Crippen molar-refractivity contribution in [1.82, 2.24) is 19.6 Å². The Labute approximate surface area is 196 Å². The van der Waals surface area contributed by atoms with Gasteiger partial charge in [-0.05, 0) is 39.8 Å². The molecule has 0 spiro atoms. The molecule has 182 valence electrons. The van der Waals surface area contributed by atoms with E-state index < -0.39 is 16.9 Å². The van der Waals surface area contributed by atoms with Gasteiger partial charge in [0.2, 0.25) is 5.91 Å². The molecule has 2 heterocycles. The van der Waals surface area contributed by atoms with Crippen LogP contribution in [0.3, 0.4) is 0 Å². The van der Waals surface area contributed by atoms with E-state index in [1.54, 1.807) is 43.7 Å². The molecule has 1 fully saturated rings. The van der Waals surface area contributed by atoms with Crippen LogP contribution in [0.5, 0.6) is 0 Å². The van der Waals surface area contributed by atoms with Crippen LogP contribution >= 0.6 is 0 Å². The monoisotopic (exact) mass is 472 g/mol. The van der Waals surface area contributed by atoms with Crippen LogP contribution in [0.1, 0.15) is 41.5 Å². The van der Waals surface area contributed by atoms with Crippen molar-refractivity contribution in [2.24, 2.45) is 0 Å². The third-order valence-electron chi connectivity index (χ3n) is 5.69. The van der Waals surface area contributed by atoms with Crippen LogP contribution in [0.15, 0.2) is 24.4 Å². The van der Waals surface area contributed by atoms with Gasteiger partial charge in [-0.1, -0.05) is 0 Å². The van der Waals surface area contributed by atoms with Gasteiger partial charge in [-0.2, -0.15) is 5.10 Å². The Balaban J connectivity index is 1.64. The van der Waals surface area contributed by atoms with Gasteiger partial charge in [0.25, 0.3) is 11.6 Å². The van der Waals surface area contributed by atoms with E-state index in [9.17, 15) is 24.5 Å². The number of rotatable bonds is 6. The molecule has 12 heteroatoms. The number of hydrogen-bond donors (Lipinski definition) is 1. The number of nitro groups is 1. The molecule has 0 aliphatic carbocycles. The Hall–Kier alpha value is -3.96. The highest BCUT2D eigenvalue weighted by Gasteiger charge is 2.29. The van der Waals surface area contributed by atoms with Gasteiger partial charge in [0.05, 0.1) is 22.9 Å². The highest BCUT2D eigenvalue weighted by molar-refractivity contribution is 6.04. The highest BCUT2D eigenvalue weighted by atomic mass is 16.6. The molecule has 1 aromatic carbocycles. The lowest BCUT2D eigenvalue weighted by atomic mass is 10.1. The van der Waals surface area contributed by atoms with Crippen molar-refractivity contribution in [3.63, 3.8) is 0 Å². The standard InChI is InChI=1S/C22H28N6O6/c1-5-34-22(31)26-10-8-25(9-11-26)21(30)16(4)27-13-18(15(3)24-27)23-20(29)17-6-7-19(28(32)33)14(2)12-17/h6-7,12-13,16H,5,8-11H2,1-4H3,(H,23,29). The number of nitrogens with zero attached hydrogens (tertiary/aromatic N) is 5. The van der Waals surface area contributed by atoms with Gasteiger partial charge in [0.1, 0.15) is 6.04 Å². The highest BCUT2D eigenvalue weighted by Crippen LogP contribution is 2.22. The minimum atomic E-state index is -0.611. The van der Waals surface area contributed by atoms with Crippen LogP contribution in [0.4, 0.5) is 16.2 Å². The van der Waals surface area contributed by atoms with E-state index in [0.29, 0.717) is 49.7 Å². The van der Waals surface area contributed by atoms with Crippen LogP contribution < -0.4 is 5.32 Å². The maximum absolute atomic E-state index is 13.0. The molecule has 0 bridgehead atoms. The summed E-state index contributed by atoms with van der Waals surface area (Å²) >= 11 is 0. The first-order valence-corrected chi connectivity index (χ1v) is 10.9. The number of anilines is 1. The van der Waals surface area contributed by atoms with Crippen LogP contribution in [-0.2, 0) is 9.53 Å². The number of aromatic nitrogens is 2. The number of ether oxygens (including phenoxy) is 1. The summed E-state index contributed by atoms with van der Waals surface area (Å²) in [6.45, 7) is 8.62. The second kappa shape index (κ2) is 10.3. The van der Waals surface area contributed by atoms with Crippen molar-refractivity contribution >= 4 is 29.3 Å². The molecule has 34 heavy (non-hydrogen) atoms. The lowest BCUT2D eigenvalue weighted by Gasteiger charge is -2.35. The van der Waals surface area contributed by atoms with Crippen molar-refractivity contribution in [2.75, 3.05) is 38.1 Å². The lowest BCUT2D eigenvalue weighted by Crippen LogP contribution is -2.52. The molecule has 3 amide bonds. The van der Waals surface area contributed by atoms with Gasteiger partial charge in [-0.3, -0.25) is 24.4 Å². The number of piperazine rings is 1. The smallest absolute Gasteiger partial charge is 0.409 e. The fourth-order valence-corrected chi connectivity index (χ4v) is 3.70. The second-order valence-corrected chi connectivity index (χ2v) is 8.01. The van der Waals surface area contributed by atoms with Gasteiger partial charge in [-0.25, -0.2) is 4.79 Å². The summed E-state index contributed by atoms with van der Waals surface area (Å²) in [7, 11) is 0. The number of aryl methyl sites for hydroxylation is 2. The third-order valence-corrected chi connectivity index (χ3v) is 5.69. The molecule has 1 N–H and O–H groups in total. The molecule has 1 aliphatic heterocycles. The molecular formula is C22H28N6O6. The molecule has 12 nitrogen and oxygen atoms in total. The number of hydrogen-bond acceptors (Lipinski definition) is 7. The molecular weight excluding hydrogens is 444 g/mol. The molecule has 1 aromatic heterocycles. The van der Waals surface area contributed by atoms with Gasteiger partial charge in [0, 0.05) is 49.6 Å². The predicted molar refractivity (Wildman–Crippen MR) is 123 cm³/mol. The Kier molecular flexibility index (Phi) is 7.49. The van der Waals surface area contributed by atoms with E-state index in [-0.39, 0.29) is 23.3 Å². The zero-order chi connectivity index (χ0) is 25.0. The topological polar surface area (TPSA) is 140 Å². The summed E-state index contributed by atoms with van der Waals surface area (Å²) in [6, 6.07) is 3.53. The van der Waals surface area contributed by atoms with Gasteiger partial charge < -0.3 is 19.9 Å². The zero-order valence-electron chi connectivity index (χ0n) is 19.6. The lowest BCUT2D eigenvalue weighted by molar-refractivity contribution is -0.385. The Morgan fingerprint density at radius 1 is 1.18 bits per heavy atom. The van der Waals surface area contributed by atoms with Crippen molar-refractivity contribution in [3.05, 3.63) is 51.3 Å². The number of nitrogens with one attached hydrogen (secondary N) is 1. The largest absolute Gasteiger partial charge is 0.450 e. The van der Waals surface area contributed by atoms with Crippen molar-refractivity contribution < 1.29 is 24.0 Å². The number of nitro benzene ring substituents is 1. The van der Waals surface area contributed by atoms with Crippen molar-refractivity contribution in [3.8, 4) is 0 Å². The summed E-state index contributed by atoms with van der Waals surface area (Å²) in [5.41, 5.74) is 1.56. The summed E-state index contributed by atoms with van der Waals surface area (Å²) in [5, 5.41) is 18.1. The number of amides is 3. The molecule has 2 aromatic rings. The average Bonchev–Trinajstić information content (AvgIpc) is 3.18. The molecule has 1 aliphatic rings. The first-order valence-electron chi connectivity index (χ1n) is 10.9. The molecule has 1 unspecified atom stereocenters. The van der Waals surface area contributed by atoms with E-state index in [4.69, 9.17) is 4.74 Å². The minimum absolute atomic E-state index is 0.0593. The van der Waals surface area contributed by atoms with Crippen molar-refractivity contribution in [1.29, 1.82) is 0 Å². The molecule has 1 saturated heterocycles. The average molecular weight is 473 g/mol. The fraction of sp³-hybridized carbons (Fsp3) is 0.455. The number of carbonyl (C=O) groups is 3. The Bertz CT molecular complexity index is 1110. The Morgan fingerprint density at radius 2 is 1.82 bits per heavy atom. The first-order chi connectivity index (χ1) is 16.1. The van der Waals surface area contributed by atoms with Gasteiger partial charge >= 0.3 is 6.09 Å². The second-order valence-electron chi connectivity index (χ2n) is 8.01. The zero-order valence-corrected chi connectivity index (χ0v) is 19.6. The summed E-state index contributed by atoms with van der Waals surface area (Å²) in [4.78, 5) is 51.2. The van der Waals surface area contributed by atoms with Crippen LogP contribution in [0, 0.1) is 24.0 Å². The van der Waals surface area contributed by atoms with E-state index in [2.05, 4.69) is 10.4 Å². The maximum Gasteiger partial charge on any atom is 0.409 e. The fourth-order valence-electron chi connectivity index (χ4n) is 3.70. The predicted octanol–water partition coefficient (Wildman–Crippen LogP) is 2.52. The Morgan fingerprint density at radius 3 is 2.41 bits per heavy atom. The molecule has 1 atom stereocenters. The summed E-state index contributed by atoms with van der Waals surface area (Å²) in [6.07, 6.45) is 1.21. The van der Waals surface area contributed by atoms with E-state index in [1.165, 1.54) is 22.9 Å². The normalized spacial score (nSPS) is 14.5. The van der Waals surface area contributed by atoms with Gasteiger partial charge in [-0.15, -0.1) is 0 Å². The van der Waals surface area contributed by atoms with Crippen LogP contribution in [-0.4, -0.2) is 75.2 Å². The van der Waals surface area contributed by atoms with E-state index in [0.717, 1.165) is 0 Å². The van der Waals surface area contributed by atoms with Crippen molar-refractivity contribution in [2.45, 2.75) is 33.7 Å². The van der Waals surface area contributed by atoms with Crippen LogP contribution in [0.2, 0.25) is 0 Å². The molecule has 0 saturated carbocycles. The number of benzene rings is 1. The number of carbonyl (C=O) groups excluding carboxylic acids is 3. The van der Waals surface area contributed by atoms with E-state index >= 15 is 0 Å². The maximum atomic E-state index is 13.0. The molecule has 3 rings (SSSR count). The quantitative estimate of drug-likeness (QED) is 0.503. The minimum Gasteiger partial charge on any atom is -0.450 e. The molecule has 0 radical (unpaired) electrons. The third kappa shape index (κ3) is 5.33. The van der Waals surface area contributed by atoms with E-state index in [1.807, 2.05) is 0 Å². The van der Waals surface area contributed by atoms with Crippen LogP contribution in [0.25, 0.3) is 0 Å². The first kappa shape index (κ1) is 24.7. The summed E-state index contributed by atoms with van der Waals surface area (Å²) in [5.74, 6) is -0.579. The summed E-state index contributed by atoms with van der Waals surface area (Å²) < 4.78 is 6.49. The van der Waals surface area contributed by atoms with Gasteiger partial charge in [0.15, 0.2) is 0 Å². The SMILES string of the molecule is CCOC(=O)N1CCN(C(=O)C(C)n2cc(NC(=O)c3ccc([N+](=O)[O-])c(C)c3)c(C)n2)CC1.